The van der Waals surface area contributed by atoms with E-state index in [2.05, 4.69) is 27.7 Å². The topological polar surface area (TPSA) is 20.2 Å². The van der Waals surface area contributed by atoms with Crippen LogP contribution in [0.15, 0.2) is 0 Å². The van der Waals surface area contributed by atoms with Crippen LogP contribution in [0.5, 0.6) is 0 Å². The summed E-state index contributed by atoms with van der Waals surface area (Å²) in [7, 11) is 0. The van der Waals surface area contributed by atoms with Gasteiger partial charge in [-0.15, -0.1) is 0 Å². The van der Waals surface area contributed by atoms with E-state index in [1.165, 1.54) is 19.3 Å². The summed E-state index contributed by atoms with van der Waals surface area (Å²) in [6.07, 6.45) is 5.98. The molecule has 1 aliphatic rings. The molecule has 0 amide bonds. The van der Waals surface area contributed by atoms with E-state index in [0.717, 1.165) is 30.6 Å². The molecule has 0 radical (unpaired) electrons. The van der Waals surface area contributed by atoms with Gasteiger partial charge in [0.15, 0.2) is 0 Å². The third-order valence-corrected chi connectivity index (χ3v) is 4.32. The van der Waals surface area contributed by atoms with Gasteiger partial charge in [0, 0.05) is 0 Å². The fraction of sp³-hybridized carbons (Fsp3) is 1.00. The van der Waals surface area contributed by atoms with E-state index in [9.17, 15) is 5.11 Å². The molecule has 0 aromatic heterocycles. The van der Waals surface area contributed by atoms with Crippen LogP contribution in [0.3, 0.4) is 0 Å². The van der Waals surface area contributed by atoms with Gasteiger partial charge in [0.05, 0.1) is 6.10 Å². The molecule has 1 N–H and O–H groups in total. The molecule has 4 unspecified atom stereocenters. The van der Waals surface area contributed by atoms with Crippen molar-refractivity contribution in [2.24, 2.45) is 23.7 Å². The largest absolute Gasteiger partial charge is 0.393 e. The van der Waals surface area contributed by atoms with Gasteiger partial charge in [-0.2, -0.15) is 0 Å². The molecule has 0 aliphatic heterocycles. The highest BCUT2D eigenvalue weighted by atomic mass is 16.3. The fourth-order valence-electron chi connectivity index (χ4n) is 3.04. The lowest BCUT2D eigenvalue weighted by molar-refractivity contribution is 0.0222. The van der Waals surface area contributed by atoms with E-state index in [-0.39, 0.29) is 6.10 Å². The highest BCUT2D eigenvalue weighted by Gasteiger charge is 2.32. The van der Waals surface area contributed by atoms with Crippen LogP contribution in [-0.4, -0.2) is 11.2 Å². The second-order valence-corrected chi connectivity index (χ2v) is 5.81. The third kappa shape index (κ3) is 3.48. The molecule has 0 spiro atoms. The molecule has 0 aromatic carbocycles. The first-order valence-corrected chi connectivity index (χ1v) is 6.74. The fourth-order valence-corrected chi connectivity index (χ4v) is 3.04. The normalized spacial score (nSPS) is 34.4. The van der Waals surface area contributed by atoms with E-state index in [1.54, 1.807) is 0 Å². The Labute approximate surface area is 95.3 Å². The Bertz CT molecular complexity index is 176. The minimum Gasteiger partial charge on any atom is -0.393 e. The van der Waals surface area contributed by atoms with Crippen LogP contribution in [0.25, 0.3) is 0 Å². The van der Waals surface area contributed by atoms with Crippen LogP contribution in [0.2, 0.25) is 0 Å². The summed E-state index contributed by atoms with van der Waals surface area (Å²) in [4.78, 5) is 0. The Morgan fingerprint density at radius 2 is 1.93 bits per heavy atom. The maximum atomic E-state index is 10.1. The van der Waals surface area contributed by atoms with Gasteiger partial charge in [0.1, 0.15) is 0 Å². The summed E-state index contributed by atoms with van der Waals surface area (Å²) in [5.74, 6) is 2.92. The van der Waals surface area contributed by atoms with Crippen molar-refractivity contribution in [1.29, 1.82) is 0 Å². The highest BCUT2D eigenvalue weighted by Crippen LogP contribution is 2.39. The number of hydrogen-bond donors (Lipinski definition) is 1. The van der Waals surface area contributed by atoms with E-state index < -0.39 is 0 Å². The molecule has 1 fully saturated rings. The maximum Gasteiger partial charge on any atom is 0.0570 e. The summed E-state index contributed by atoms with van der Waals surface area (Å²) in [5.41, 5.74) is 0. The van der Waals surface area contributed by atoms with Gasteiger partial charge < -0.3 is 5.11 Å². The molecule has 0 bridgehead atoms. The summed E-state index contributed by atoms with van der Waals surface area (Å²) in [6, 6.07) is 0. The number of aliphatic hydroxyl groups excluding tert-OH is 1. The Morgan fingerprint density at radius 3 is 2.47 bits per heavy atom. The number of aliphatic hydroxyl groups is 1. The summed E-state index contributed by atoms with van der Waals surface area (Å²) in [6.45, 7) is 9.13. The van der Waals surface area contributed by atoms with Crippen molar-refractivity contribution < 1.29 is 5.11 Å². The van der Waals surface area contributed by atoms with E-state index in [1.807, 2.05) is 0 Å². The average Bonchev–Trinajstić information content (AvgIpc) is 2.18. The number of hydrogen-bond acceptors (Lipinski definition) is 1. The van der Waals surface area contributed by atoms with Crippen molar-refractivity contribution in [1.82, 2.24) is 0 Å². The minimum atomic E-state index is -0.0495. The molecule has 0 aromatic rings. The molecular weight excluding hydrogens is 184 g/mol. The predicted molar refractivity (Wildman–Crippen MR) is 65.7 cm³/mol. The standard InChI is InChI=1S/C14H28O/c1-5-6-14(15)13-9-12(10(2)3)8-7-11(13)4/h10-15H,5-9H2,1-4H3. The molecule has 1 rings (SSSR count). The van der Waals surface area contributed by atoms with Crippen molar-refractivity contribution >= 4 is 0 Å². The lowest BCUT2D eigenvalue weighted by atomic mass is 9.69. The molecule has 1 saturated carbocycles. The zero-order chi connectivity index (χ0) is 11.4. The lowest BCUT2D eigenvalue weighted by Crippen LogP contribution is -2.34. The summed E-state index contributed by atoms with van der Waals surface area (Å²) < 4.78 is 0. The van der Waals surface area contributed by atoms with E-state index >= 15 is 0 Å². The van der Waals surface area contributed by atoms with Crippen molar-refractivity contribution in [3.05, 3.63) is 0 Å². The molecule has 4 atom stereocenters. The molecular formula is C14H28O. The van der Waals surface area contributed by atoms with Crippen molar-refractivity contribution in [3.8, 4) is 0 Å². The Balaban J connectivity index is 2.52. The molecule has 0 heterocycles. The van der Waals surface area contributed by atoms with Crippen molar-refractivity contribution in [2.75, 3.05) is 0 Å². The van der Waals surface area contributed by atoms with E-state index in [0.29, 0.717) is 5.92 Å². The zero-order valence-electron chi connectivity index (χ0n) is 10.9. The second kappa shape index (κ2) is 5.89. The van der Waals surface area contributed by atoms with Gasteiger partial charge in [-0.1, -0.05) is 40.5 Å². The van der Waals surface area contributed by atoms with Gasteiger partial charge in [0.2, 0.25) is 0 Å². The summed E-state index contributed by atoms with van der Waals surface area (Å²) >= 11 is 0. The third-order valence-electron chi connectivity index (χ3n) is 4.32. The Kier molecular flexibility index (Phi) is 5.11. The monoisotopic (exact) mass is 212 g/mol. The Hall–Kier alpha value is -0.0400. The first-order valence-electron chi connectivity index (χ1n) is 6.74. The first kappa shape index (κ1) is 13.0. The van der Waals surface area contributed by atoms with Crippen LogP contribution in [0, 0.1) is 23.7 Å². The zero-order valence-corrected chi connectivity index (χ0v) is 10.9. The summed E-state index contributed by atoms with van der Waals surface area (Å²) in [5, 5.41) is 10.1. The molecule has 15 heavy (non-hydrogen) atoms. The first-order chi connectivity index (χ1) is 7.06. The molecule has 0 saturated heterocycles. The van der Waals surface area contributed by atoms with Gasteiger partial charge >= 0.3 is 0 Å². The van der Waals surface area contributed by atoms with Gasteiger partial charge in [0.25, 0.3) is 0 Å². The predicted octanol–water partition coefficient (Wildman–Crippen LogP) is 3.86. The maximum absolute atomic E-state index is 10.1. The lowest BCUT2D eigenvalue weighted by Gasteiger charge is -2.38. The molecule has 1 aliphatic carbocycles. The van der Waals surface area contributed by atoms with Crippen LogP contribution < -0.4 is 0 Å². The Morgan fingerprint density at radius 1 is 1.27 bits per heavy atom. The van der Waals surface area contributed by atoms with Crippen molar-refractivity contribution in [2.45, 2.75) is 65.9 Å². The minimum absolute atomic E-state index is 0.0495. The van der Waals surface area contributed by atoms with Crippen LogP contribution in [-0.2, 0) is 0 Å². The van der Waals surface area contributed by atoms with Crippen LogP contribution in [0.4, 0.5) is 0 Å². The highest BCUT2D eigenvalue weighted by molar-refractivity contribution is 4.83. The molecule has 1 nitrogen and oxygen atoms in total. The smallest absolute Gasteiger partial charge is 0.0570 e. The average molecular weight is 212 g/mol. The second-order valence-electron chi connectivity index (χ2n) is 5.81. The number of rotatable bonds is 4. The molecule has 1 heteroatoms. The van der Waals surface area contributed by atoms with Gasteiger partial charge in [-0.05, 0) is 42.9 Å². The van der Waals surface area contributed by atoms with Gasteiger partial charge in [-0.25, -0.2) is 0 Å². The van der Waals surface area contributed by atoms with Crippen molar-refractivity contribution in [3.63, 3.8) is 0 Å². The SMILES string of the molecule is CCCC(O)C1CC(C(C)C)CCC1C. The van der Waals surface area contributed by atoms with E-state index in [4.69, 9.17) is 0 Å². The van der Waals surface area contributed by atoms with Crippen LogP contribution >= 0.6 is 0 Å². The van der Waals surface area contributed by atoms with Crippen LogP contribution in [0.1, 0.15) is 59.8 Å². The quantitative estimate of drug-likeness (QED) is 0.750. The van der Waals surface area contributed by atoms with Gasteiger partial charge in [-0.3, -0.25) is 0 Å². The molecule has 90 valence electrons.